The van der Waals surface area contributed by atoms with Gasteiger partial charge in [0.1, 0.15) is 0 Å². The minimum atomic E-state index is -0.821. The Hall–Kier alpha value is -1.88. The number of aliphatic carboxylic acids is 1. The molecule has 2 aliphatic rings. The largest absolute Gasteiger partial charge is 0.481 e. The molecule has 0 radical (unpaired) electrons. The van der Waals surface area contributed by atoms with Gasteiger partial charge in [-0.15, -0.1) is 0 Å². The van der Waals surface area contributed by atoms with Crippen molar-refractivity contribution in [2.24, 2.45) is 17.8 Å². The molecule has 0 aromatic heterocycles. The van der Waals surface area contributed by atoms with Gasteiger partial charge in [0.2, 0.25) is 5.91 Å². The van der Waals surface area contributed by atoms with Crippen molar-refractivity contribution in [2.45, 2.75) is 38.5 Å². The molecule has 2 atom stereocenters. The fraction of sp³-hybridized carbons (Fsp3) is 0.600. The number of benzene rings is 1. The highest BCUT2D eigenvalue weighted by atomic mass is 16.5. The Kier molecular flexibility index (Phi) is 6.08. The second kappa shape index (κ2) is 8.48. The van der Waals surface area contributed by atoms with Gasteiger partial charge in [-0.3, -0.25) is 9.59 Å². The average Bonchev–Trinajstić information content (AvgIpc) is 2.62. The summed E-state index contributed by atoms with van der Waals surface area (Å²) in [6, 6.07) is 8.42. The van der Waals surface area contributed by atoms with Crippen LogP contribution in [0.25, 0.3) is 0 Å². The number of carbonyl (C=O) groups excluding carboxylic acids is 1. The Balaban J connectivity index is 1.48. The number of nitrogens with one attached hydrogen (secondary N) is 1. The highest BCUT2D eigenvalue weighted by Gasteiger charge is 2.30. The molecule has 0 bridgehead atoms. The third kappa shape index (κ3) is 4.82. The molecule has 1 aromatic rings. The number of rotatable bonds is 6. The summed E-state index contributed by atoms with van der Waals surface area (Å²) in [6.45, 7) is 1.45. The first-order valence-electron chi connectivity index (χ1n) is 9.27. The first-order chi connectivity index (χ1) is 12.1. The Morgan fingerprint density at radius 3 is 2.60 bits per heavy atom. The lowest BCUT2D eigenvalue weighted by Gasteiger charge is -2.28. The van der Waals surface area contributed by atoms with Gasteiger partial charge in [0, 0.05) is 26.2 Å². The smallest absolute Gasteiger partial charge is 0.308 e. The van der Waals surface area contributed by atoms with Crippen LogP contribution in [-0.4, -0.2) is 36.7 Å². The van der Waals surface area contributed by atoms with Gasteiger partial charge in [0.15, 0.2) is 0 Å². The highest BCUT2D eigenvalue weighted by Crippen LogP contribution is 2.27. The van der Waals surface area contributed by atoms with Crippen molar-refractivity contribution in [2.75, 3.05) is 19.8 Å². The van der Waals surface area contributed by atoms with Crippen molar-refractivity contribution in [3.63, 3.8) is 0 Å². The predicted octanol–water partition coefficient (Wildman–Crippen LogP) is 2.43. The van der Waals surface area contributed by atoms with E-state index in [4.69, 9.17) is 4.74 Å². The van der Waals surface area contributed by atoms with Crippen LogP contribution >= 0.6 is 0 Å². The maximum atomic E-state index is 12.3. The second-order valence-corrected chi connectivity index (χ2v) is 7.28. The Labute approximate surface area is 148 Å². The lowest BCUT2D eigenvalue weighted by Crippen LogP contribution is -2.39. The van der Waals surface area contributed by atoms with Gasteiger partial charge in [-0.1, -0.05) is 24.3 Å². The van der Waals surface area contributed by atoms with E-state index in [9.17, 15) is 14.7 Å². The van der Waals surface area contributed by atoms with E-state index in [1.165, 1.54) is 11.1 Å². The van der Waals surface area contributed by atoms with Crippen molar-refractivity contribution in [1.82, 2.24) is 5.32 Å². The molecule has 1 aromatic carbocycles. The molecule has 1 fully saturated rings. The van der Waals surface area contributed by atoms with Crippen LogP contribution in [0.1, 0.15) is 36.8 Å². The maximum absolute atomic E-state index is 12.3. The summed E-state index contributed by atoms with van der Waals surface area (Å²) in [5, 5.41) is 12.3. The molecule has 0 spiro atoms. The summed E-state index contributed by atoms with van der Waals surface area (Å²) < 4.78 is 5.30. The molecule has 3 rings (SSSR count). The molecule has 0 saturated carbocycles. The molecule has 1 heterocycles. The van der Waals surface area contributed by atoms with Crippen molar-refractivity contribution in [3.05, 3.63) is 35.4 Å². The van der Waals surface area contributed by atoms with E-state index in [2.05, 4.69) is 23.5 Å². The fourth-order valence-corrected chi connectivity index (χ4v) is 4.08. The van der Waals surface area contributed by atoms with Crippen LogP contribution in [0.3, 0.4) is 0 Å². The molecule has 1 aliphatic heterocycles. The first kappa shape index (κ1) is 17.9. The van der Waals surface area contributed by atoms with E-state index >= 15 is 0 Å². The highest BCUT2D eigenvalue weighted by molar-refractivity contribution is 5.77. The number of hydrogen-bond donors (Lipinski definition) is 2. The average molecular weight is 345 g/mol. The lowest BCUT2D eigenvalue weighted by molar-refractivity contribution is -0.145. The number of carbonyl (C=O) groups is 2. The number of carboxylic acid groups (broad SMARTS) is 1. The van der Waals surface area contributed by atoms with Crippen LogP contribution in [0, 0.1) is 17.8 Å². The van der Waals surface area contributed by atoms with E-state index in [0.717, 1.165) is 32.1 Å². The van der Waals surface area contributed by atoms with Crippen molar-refractivity contribution in [3.8, 4) is 0 Å². The summed E-state index contributed by atoms with van der Waals surface area (Å²) in [4.78, 5) is 23.9. The summed E-state index contributed by atoms with van der Waals surface area (Å²) in [6.07, 6.45) is 4.97. The standard InChI is InChI=1S/C20H27NO4/c22-19(12-14-5-6-15-3-1-2-4-17(15)11-14)21-13-18(20(23)24)16-7-9-25-10-8-16/h1-4,14,16,18H,5-13H2,(H,21,22)(H,23,24). The molecular formula is C20H27NO4. The number of fused-ring (bicyclic) bond motifs is 1. The Morgan fingerprint density at radius 2 is 1.88 bits per heavy atom. The normalized spacial score (nSPS) is 22.0. The zero-order chi connectivity index (χ0) is 17.6. The van der Waals surface area contributed by atoms with E-state index < -0.39 is 11.9 Å². The van der Waals surface area contributed by atoms with Gasteiger partial charge in [-0.05, 0) is 55.1 Å². The quantitative estimate of drug-likeness (QED) is 0.830. The van der Waals surface area contributed by atoms with Crippen LogP contribution in [-0.2, 0) is 27.2 Å². The van der Waals surface area contributed by atoms with E-state index in [0.29, 0.717) is 25.6 Å². The summed E-state index contributed by atoms with van der Waals surface area (Å²) >= 11 is 0. The number of carboxylic acids is 1. The molecule has 5 nitrogen and oxygen atoms in total. The van der Waals surface area contributed by atoms with Crippen LogP contribution in [0.15, 0.2) is 24.3 Å². The van der Waals surface area contributed by atoms with Gasteiger partial charge in [-0.2, -0.15) is 0 Å². The second-order valence-electron chi connectivity index (χ2n) is 7.28. The number of ether oxygens (including phenoxy) is 1. The van der Waals surface area contributed by atoms with E-state index in [1.54, 1.807) is 0 Å². The minimum absolute atomic E-state index is 0.0253. The van der Waals surface area contributed by atoms with Gasteiger partial charge in [0.05, 0.1) is 5.92 Å². The summed E-state index contributed by atoms with van der Waals surface area (Å²) in [7, 11) is 0. The molecule has 1 saturated heterocycles. The van der Waals surface area contributed by atoms with Crippen molar-refractivity contribution < 1.29 is 19.4 Å². The van der Waals surface area contributed by atoms with Crippen LogP contribution in [0.5, 0.6) is 0 Å². The van der Waals surface area contributed by atoms with Gasteiger partial charge >= 0.3 is 5.97 Å². The summed E-state index contributed by atoms with van der Waals surface area (Å²) in [5.74, 6) is -0.921. The molecule has 2 unspecified atom stereocenters. The van der Waals surface area contributed by atoms with E-state index in [1.807, 2.05) is 6.07 Å². The van der Waals surface area contributed by atoms with Crippen LogP contribution in [0.2, 0.25) is 0 Å². The predicted molar refractivity (Wildman–Crippen MR) is 94.3 cm³/mol. The number of amides is 1. The molecular weight excluding hydrogens is 318 g/mol. The topological polar surface area (TPSA) is 75.6 Å². The molecule has 136 valence electrons. The van der Waals surface area contributed by atoms with Gasteiger partial charge in [0.25, 0.3) is 0 Å². The molecule has 5 heteroatoms. The van der Waals surface area contributed by atoms with Crippen molar-refractivity contribution >= 4 is 11.9 Å². The third-order valence-corrected chi connectivity index (χ3v) is 5.59. The third-order valence-electron chi connectivity index (χ3n) is 5.59. The molecule has 2 N–H and O–H groups in total. The molecule has 1 aliphatic carbocycles. The summed E-state index contributed by atoms with van der Waals surface area (Å²) in [5.41, 5.74) is 2.74. The van der Waals surface area contributed by atoms with Crippen molar-refractivity contribution in [1.29, 1.82) is 0 Å². The fourth-order valence-electron chi connectivity index (χ4n) is 4.08. The van der Waals surface area contributed by atoms with Gasteiger partial charge < -0.3 is 15.2 Å². The first-order valence-corrected chi connectivity index (χ1v) is 9.27. The van der Waals surface area contributed by atoms with Gasteiger partial charge in [-0.25, -0.2) is 0 Å². The Morgan fingerprint density at radius 1 is 1.16 bits per heavy atom. The minimum Gasteiger partial charge on any atom is -0.481 e. The zero-order valence-corrected chi connectivity index (χ0v) is 14.6. The van der Waals surface area contributed by atoms with E-state index in [-0.39, 0.29) is 18.4 Å². The Bertz CT molecular complexity index is 609. The van der Waals surface area contributed by atoms with Crippen LogP contribution < -0.4 is 5.32 Å². The monoisotopic (exact) mass is 345 g/mol. The number of hydrogen-bond acceptors (Lipinski definition) is 3. The zero-order valence-electron chi connectivity index (χ0n) is 14.6. The lowest BCUT2D eigenvalue weighted by atomic mass is 9.82. The SMILES string of the molecule is O=C(CC1CCc2ccccc2C1)NCC(C(=O)O)C1CCOCC1. The number of aryl methyl sites for hydroxylation is 1. The molecule has 1 amide bonds. The molecule has 25 heavy (non-hydrogen) atoms. The van der Waals surface area contributed by atoms with Crippen LogP contribution in [0.4, 0.5) is 0 Å². The maximum Gasteiger partial charge on any atom is 0.308 e.